The maximum Gasteiger partial charge on any atom is 0.251 e. The molecule has 2 aromatic rings. The zero-order valence-corrected chi connectivity index (χ0v) is 11.9. The Kier molecular flexibility index (Phi) is 5.52. The molecule has 4 heteroatoms. The Labute approximate surface area is 124 Å². The molecule has 0 atom stereocenters. The molecular formula is C17H19N3O. The molecule has 0 aliphatic rings. The minimum absolute atomic E-state index is 0.0880. The monoisotopic (exact) mass is 281 g/mol. The molecule has 1 amide bonds. The van der Waals surface area contributed by atoms with Crippen molar-refractivity contribution in [2.24, 2.45) is 0 Å². The number of hydrogen-bond donors (Lipinski definition) is 2. The molecular weight excluding hydrogens is 262 g/mol. The highest BCUT2D eigenvalue weighted by atomic mass is 16.1. The highest BCUT2D eigenvalue weighted by Crippen LogP contribution is 2.06. The second-order valence-corrected chi connectivity index (χ2v) is 4.59. The molecule has 0 saturated carbocycles. The first-order chi connectivity index (χ1) is 10.3. The number of rotatable bonds is 7. The van der Waals surface area contributed by atoms with E-state index in [9.17, 15) is 4.79 Å². The van der Waals surface area contributed by atoms with Gasteiger partial charge >= 0.3 is 0 Å². The Bertz CT molecular complexity index is 596. The summed E-state index contributed by atoms with van der Waals surface area (Å²) >= 11 is 0. The van der Waals surface area contributed by atoms with E-state index in [0.29, 0.717) is 24.5 Å². The second kappa shape index (κ2) is 7.85. The van der Waals surface area contributed by atoms with E-state index in [-0.39, 0.29) is 5.91 Å². The van der Waals surface area contributed by atoms with Gasteiger partial charge in [0.25, 0.3) is 5.91 Å². The molecule has 21 heavy (non-hydrogen) atoms. The van der Waals surface area contributed by atoms with Crippen LogP contribution in [-0.4, -0.2) is 24.0 Å². The fourth-order valence-corrected chi connectivity index (χ4v) is 1.91. The summed E-state index contributed by atoms with van der Waals surface area (Å²) in [6.45, 7) is 4.86. The van der Waals surface area contributed by atoms with Crippen LogP contribution >= 0.6 is 0 Å². The molecule has 0 unspecified atom stereocenters. The summed E-state index contributed by atoms with van der Waals surface area (Å²) in [6.07, 6.45) is 4.19. The fraction of sp³-hybridized carbons (Fsp3) is 0.176. The predicted octanol–water partition coefficient (Wildman–Crippen LogP) is 2.65. The number of benzene rings is 1. The van der Waals surface area contributed by atoms with Crippen molar-refractivity contribution in [1.29, 1.82) is 0 Å². The van der Waals surface area contributed by atoms with Crippen LogP contribution < -0.4 is 10.6 Å². The number of nitrogens with one attached hydrogen (secondary N) is 2. The minimum Gasteiger partial charge on any atom is -0.367 e. The summed E-state index contributed by atoms with van der Waals surface area (Å²) < 4.78 is 0. The molecule has 0 aliphatic heterocycles. The van der Waals surface area contributed by atoms with E-state index < -0.39 is 0 Å². The van der Waals surface area contributed by atoms with Crippen LogP contribution in [0.1, 0.15) is 15.9 Å². The summed E-state index contributed by atoms with van der Waals surface area (Å²) in [6, 6.07) is 13.5. The average Bonchev–Trinajstić information content (AvgIpc) is 2.54. The SMILES string of the molecule is C=CCNc1cc(C(=O)NCCc2ccccc2)ccn1. The van der Waals surface area contributed by atoms with Gasteiger partial charge in [-0.1, -0.05) is 36.4 Å². The molecule has 108 valence electrons. The molecule has 0 fully saturated rings. The molecule has 0 bridgehead atoms. The van der Waals surface area contributed by atoms with Crippen molar-refractivity contribution >= 4 is 11.7 Å². The van der Waals surface area contributed by atoms with Crippen LogP contribution in [0.25, 0.3) is 0 Å². The van der Waals surface area contributed by atoms with Gasteiger partial charge < -0.3 is 10.6 Å². The van der Waals surface area contributed by atoms with E-state index in [1.54, 1.807) is 24.4 Å². The van der Waals surface area contributed by atoms with Crippen LogP contribution in [-0.2, 0) is 6.42 Å². The summed E-state index contributed by atoms with van der Waals surface area (Å²) in [5.74, 6) is 0.584. The van der Waals surface area contributed by atoms with E-state index in [1.807, 2.05) is 18.2 Å². The highest BCUT2D eigenvalue weighted by molar-refractivity contribution is 5.94. The number of hydrogen-bond acceptors (Lipinski definition) is 3. The van der Waals surface area contributed by atoms with E-state index in [4.69, 9.17) is 0 Å². The maximum atomic E-state index is 12.1. The van der Waals surface area contributed by atoms with E-state index in [1.165, 1.54) is 5.56 Å². The molecule has 1 aromatic heterocycles. The minimum atomic E-state index is -0.0880. The quantitative estimate of drug-likeness (QED) is 0.767. The zero-order chi connectivity index (χ0) is 14.9. The van der Waals surface area contributed by atoms with Crippen molar-refractivity contribution in [1.82, 2.24) is 10.3 Å². The van der Waals surface area contributed by atoms with Crippen molar-refractivity contribution < 1.29 is 4.79 Å². The largest absolute Gasteiger partial charge is 0.367 e. The standard InChI is InChI=1S/C17H19N3O/c1-2-10-18-16-13-15(9-12-19-16)17(21)20-11-8-14-6-4-3-5-7-14/h2-7,9,12-13H,1,8,10-11H2,(H,18,19)(H,20,21). The van der Waals surface area contributed by atoms with Gasteiger partial charge in [0.2, 0.25) is 0 Å². The molecule has 1 heterocycles. The maximum absolute atomic E-state index is 12.1. The Morgan fingerprint density at radius 2 is 2.05 bits per heavy atom. The van der Waals surface area contributed by atoms with E-state index in [2.05, 4.69) is 34.3 Å². The Morgan fingerprint density at radius 3 is 2.81 bits per heavy atom. The van der Waals surface area contributed by atoms with Crippen LogP contribution in [0.2, 0.25) is 0 Å². The van der Waals surface area contributed by atoms with Crippen LogP contribution in [0, 0.1) is 0 Å². The molecule has 2 N–H and O–H groups in total. The lowest BCUT2D eigenvalue weighted by Gasteiger charge is -2.07. The summed E-state index contributed by atoms with van der Waals surface area (Å²) in [5, 5.41) is 5.98. The van der Waals surface area contributed by atoms with Gasteiger partial charge in [-0.3, -0.25) is 4.79 Å². The number of pyridine rings is 1. The van der Waals surface area contributed by atoms with Gasteiger partial charge in [0, 0.05) is 24.8 Å². The van der Waals surface area contributed by atoms with Gasteiger partial charge in [-0.25, -0.2) is 4.98 Å². The van der Waals surface area contributed by atoms with Gasteiger partial charge in [0.1, 0.15) is 5.82 Å². The van der Waals surface area contributed by atoms with Crippen LogP contribution in [0.15, 0.2) is 61.3 Å². The second-order valence-electron chi connectivity index (χ2n) is 4.59. The predicted molar refractivity (Wildman–Crippen MR) is 85.4 cm³/mol. The number of nitrogens with zero attached hydrogens (tertiary/aromatic N) is 1. The number of carbonyl (C=O) groups excluding carboxylic acids is 1. The third kappa shape index (κ3) is 4.76. The number of anilines is 1. The van der Waals surface area contributed by atoms with Crippen LogP contribution in [0.5, 0.6) is 0 Å². The molecule has 0 spiro atoms. The average molecular weight is 281 g/mol. The number of aromatic nitrogens is 1. The third-order valence-corrected chi connectivity index (χ3v) is 2.99. The molecule has 1 aromatic carbocycles. The summed E-state index contributed by atoms with van der Waals surface area (Å²) in [4.78, 5) is 16.2. The molecule has 2 rings (SSSR count). The summed E-state index contributed by atoms with van der Waals surface area (Å²) in [5.41, 5.74) is 1.81. The van der Waals surface area contributed by atoms with Gasteiger partial charge in [-0.2, -0.15) is 0 Å². The lowest BCUT2D eigenvalue weighted by Crippen LogP contribution is -2.25. The highest BCUT2D eigenvalue weighted by Gasteiger charge is 2.06. The lowest BCUT2D eigenvalue weighted by molar-refractivity contribution is 0.0954. The third-order valence-electron chi connectivity index (χ3n) is 2.99. The number of carbonyl (C=O) groups is 1. The Morgan fingerprint density at radius 1 is 1.24 bits per heavy atom. The summed E-state index contributed by atoms with van der Waals surface area (Å²) in [7, 11) is 0. The molecule has 4 nitrogen and oxygen atoms in total. The van der Waals surface area contributed by atoms with Gasteiger partial charge in [0.05, 0.1) is 0 Å². The van der Waals surface area contributed by atoms with Crippen molar-refractivity contribution in [2.75, 3.05) is 18.4 Å². The van der Waals surface area contributed by atoms with Crippen LogP contribution in [0.4, 0.5) is 5.82 Å². The Balaban J connectivity index is 1.86. The smallest absolute Gasteiger partial charge is 0.251 e. The first kappa shape index (κ1) is 14.8. The Hall–Kier alpha value is -2.62. The zero-order valence-electron chi connectivity index (χ0n) is 11.9. The van der Waals surface area contributed by atoms with Crippen molar-refractivity contribution in [3.05, 3.63) is 72.4 Å². The topological polar surface area (TPSA) is 54.0 Å². The molecule has 0 aliphatic carbocycles. The number of amides is 1. The van der Waals surface area contributed by atoms with Crippen molar-refractivity contribution in [3.63, 3.8) is 0 Å². The fourth-order valence-electron chi connectivity index (χ4n) is 1.91. The van der Waals surface area contributed by atoms with Gasteiger partial charge in [-0.05, 0) is 24.1 Å². The van der Waals surface area contributed by atoms with Gasteiger partial charge in [0.15, 0.2) is 0 Å². The first-order valence-corrected chi connectivity index (χ1v) is 6.92. The first-order valence-electron chi connectivity index (χ1n) is 6.92. The van der Waals surface area contributed by atoms with E-state index in [0.717, 1.165) is 6.42 Å². The van der Waals surface area contributed by atoms with Crippen molar-refractivity contribution in [3.8, 4) is 0 Å². The molecule has 0 radical (unpaired) electrons. The molecule has 0 saturated heterocycles. The van der Waals surface area contributed by atoms with Crippen molar-refractivity contribution in [2.45, 2.75) is 6.42 Å². The van der Waals surface area contributed by atoms with Crippen LogP contribution in [0.3, 0.4) is 0 Å². The lowest BCUT2D eigenvalue weighted by atomic mass is 10.1. The normalized spacial score (nSPS) is 9.90. The van der Waals surface area contributed by atoms with E-state index >= 15 is 0 Å². The van der Waals surface area contributed by atoms with Gasteiger partial charge in [-0.15, -0.1) is 6.58 Å².